The molecule has 0 radical (unpaired) electrons. The van der Waals surface area contributed by atoms with Crippen molar-refractivity contribution in [2.45, 2.75) is 20.4 Å². The van der Waals surface area contributed by atoms with Crippen molar-refractivity contribution in [3.05, 3.63) is 47.7 Å². The second-order valence-electron chi connectivity index (χ2n) is 4.36. The van der Waals surface area contributed by atoms with Gasteiger partial charge in [0.05, 0.1) is 7.11 Å². The number of carbonyl (C=O) groups excluding carboxylic acids is 1. The maximum atomic E-state index is 11.3. The molecule has 3 heteroatoms. The van der Waals surface area contributed by atoms with Gasteiger partial charge < -0.3 is 9.30 Å². The molecule has 0 aliphatic rings. The molecule has 1 aromatic heterocycles. The van der Waals surface area contributed by atoms with Gasteiger partial charge in [-0.1, -0.05) is 24.3 Å². The number of allylic oxidation sites excluding steroid dienone is 1. The Labute approximate surface area is 107 Å². The van der Waals surface area contributed by atoms with Crippen LogP contribution in [0.5, 0.6) is 0 Å². The standard InChI is InChI=1S/C15H17NO2/c1-11(15(17)18-3)8-9-16-10-12(2)13-6-4-5-7-14(13)16/h4-8,10H,9H2,1-3H3. The predicted molar refractivity (Wildman–Crippen MR) is 72.4 cm³/mol. The number of para-hydroxylation sites is 1. The van der Waals surface area contributed by atoms with Crippen LogP contribution in [0.15, 0.2) is 42.1 Å². The van der Waals surface area contributed by atoms with Crippen molar-refractivity contribution in [3.63, 3.8) is 0 Å². The van der Waals surface area contributed by atoms with Crippen LogP contribution >= 0.6 is 0 Å². The molecule has 18 heavy (non-hydrogen) atoms. The van der Waals surface area contributed by atoms with Crippen LogP contribution in [0.3, 0.4) is 0 Å². The summed E-state index contributed by atoms with van der Waals surface area (Å²) in [6, 6.07) is 8.26. The zero-order valence-electron chi connectivity index (χ0n) is 10.9. The molecule has 0 spiro atoms. The van der Waals surface area contributed by atoms with Crippen LogP contribution in [0.25, 0.3) is 10.9 Å². The Hall–Kier alpha value is -2.03. The SMILES string of the molecule is COC(=O)C(C)=CCn1cc(C)c2ccccc21. The molecular formula is C15H17NO2. The summed E-state index contributed by atoms with van der Waals surface area (Å²) in [5.74, 6) is -0.275. The Kier molecular flexibility index (Phi) is 3.51. The van der Waals surface area contributed by atoms with Gasteiger partial charge in [0, 0.05) is 29.2 Å². The summed E-state index contributed by atoms with van der Waals surface area (Å²) in [7, 11) is 1.40. The van der Waals surface area contributed by atoms with E-state index in [0.29, 0.717) is 12.1 Å². The van der Waals surface area contributed by atoms with Crippen molar-refractivity contribution in [2.24, 2.45) is 0 Å². The summed E-state index contributed by atoms with van der Waals surface area (Å²) in [6.45, 7) is 4.54. The van der Waals surface area contributed by atoms with Crippen molar-refractivity contribution < 1.29 is 9.53 Å². The van der Waals surface area contributed by atoms with E-state index in [4.69, 9.17) is 0 Å². The summed E-state index contributed by atoms with van der Waals surface area (Å²) >= 11 is 0. The first-order valence-corrected chi connectivity index (χ1v) is 5.93. The Bertz CT molecular complexity index is 608. The van der Waals surface area contributed by atoms with Crippen LogP contribution in [0.2, 0.25) is 0 Å². The molecule has 0 atom stereocenters. The summed E-state index contributed by atoms with van der Waals surface area (Å²) in [6.07, 6.45) is 3.99. The maximum Gasteiger partial charge on any atom is 0.333 e. The van der Waals surface area contributed by atoms with E-state index in [1.807, 2.05) is 18.2 Å². The van der Waals surface area contributed by atoms with Gasteiger partial charge in [0.15, 0.2) is 0 Å². The number of esters is 1. The zero-order chi connectivity index (χ0) is 13.1. The molecule has 0 bridgehead atoms. The number of ether oxygens (including phenoxy) is 1. The fraction of sp³-hybridized carbons (Fsp3) is 0.267. The highest BCUT2D eigenvalue weighted by Crippen LogP contribution is 2.20. The normalized spacial score (nSPS) is 11.8. The van der Waals surface area contributed by atoms with Crippen molar-refractivity contribution in [3.8, 4) is 0 Å². The van der Waals surface area contributed by atoms with Gasteiger partial charge in [0.25, 0.3) is 0 Å². The summed E-state index contributed by atoms with van der Waals surface area (Å²) in [4.78, 5) is 11.3. The lowest BCUT2D eigenvalue weighted by molar-refractivity contribution is -0.136. The summed E-state index contributed by atoms with van der Waals surface area (Å²) in [5.41, 5.74) is 3.06. The number of methoxy groups -OCH3 is 1. The topological polar surface area (TPSA) is 31.2 Å². The molecule has 3 nitrogen and oxygen atoms in total. The molecule has 0 aliphatic carbocycles. The van der Waals surface area contributed by atoms with E-state index in [-0.39, 0.29) is 5.97 Å². The average Bonchev–Trinajstić information content (AvgIpc) is 2.72. The van der Waals surface area contributed by atoms with Gasteiger partial charge in [-0.15, -0.1) is 0 Å². The molecule has 0 N–H and O–H groups in total. The number of nitrogens with zero attached hydrogens (tertiary/aromatic N) is 1. The van der Waals surface area contributed by atoms with Crippen LogP contribution < -0.4 is 0 Å². The Morgan fingerprint density at radius 1 is 1.39 bits per heavy atom. The van der Waals surface area contributed by atoms with E-state index >= 15 is 0 Å². The van der Waals surface area contributed by atoms with Gasteiger partial charge in [0.1, 0.15) is 0 Å². The molecule has 0 amide bonds. The second-order valence-corrected chi connectivity index (χ2v) is 4.36. The summed E-state index contributed by atoms with van der Waals surface area (Å²) in [5, 5.41) is 1.25. The Balaban J connectivity index is 2.30. The highest BCUT2D eigenvalue weighted by Gasteiger charge is 2.05. The first-order chi connectivity index (χ1) is 8.63. The fourth-order valence-corrected chi connectivity index (χ4v) is 2.06. The van der Waals surface area contributed by atoms with Crippen LogP contribution in [-0.4, -0.2) is 17.6 Å². The third kappa shape index (κ3) is 2.30. The number of aryl methyl sites for hydroxylation is 1. The van der Waals surface area contributed by atoms with E-state index in [1.165, 1.54) is 23.6 Å². The lowest BCUT2D eigenvalue weighted by atomic mass is 10.2. The molecule has 94 valence electrons. The van der Waals surface area contributed by atoms with Crippen LogP contribution in [0, 0.1) is 6.92 Å². The molecule has 1 aromatic carbocycles. The van der Waals surface area contributed by atoms with Gasteiger partial charge in [-0.3, -0.25) is 0 Å². The molecule has 2 rings (SSSR count). The number of hydrogen-bond donors (Lipinski definition) is 0. The van der Waals surface area contributed by atoms with Crippen molar-refractivity contribution >= 4 is 16.9 Å². The van der Waals surface area contributed by atoms with Gasteiger partial charge in [-0.2, -0.15) is 0 Å². The van der Waals surface area contributed by atoms with Gasteiger partial charge >= 0.3 is 5.97 Å². The molecule has 0 unspecified atom stereocenters. The lowest BCUT2D eigenvalue weighted by Gasteiger charge is -2.02. The molecule has 0 aliphatic heterocycles. The number of benzene rings is 1. The van der Waals surface area contributed by atoms with Crippen molar-refractivity contribution in [2.75, 3.05) is 7.11 Å². The van der Waals surface area contributed by atoms with Crippen LogP contribution in [0.4, 0.5) is 0 Å². The minimum Gasteiger partial charge on any atom is -0.466 e. The minimum atomic E-state index is -0.275. The summed E-state index contributed by atoms with van der Waals surface area (Å²) < 4.78 is 6.81. The molecule has 0 saturated heterocycles. The molecule has 2 aromatic rings. The number of hydrogen-bond acceptors (Lipinski definition) is 2. The quantitative estimate of drug-likeness (QED) is 0.613. The third-order valence-electron chi connectivity index (χ3n) is 3.09. The van der Waals surface area contributed by atoms with E-state index in [1.54, 1.807) is 6.92 Å². The number of aromatic nitrogens is 1. The Morgan fingerprint density at radius 2 is 2.11 bits per heavy atom. The first-order valence-electron chi connectivity index (χ1n) is 5.93. The predicted octanol–water partition coefficient (Wildman–Crippen LogP) is 3.07. The highest BCUT2D eigenvalue weighted by molar-refractivity contribution is 5.87. The number of rotatable bonds is 3. The third-order valence-corrected chi connectivity index (χ3v) is 3.09. The van der Waals surface area contributed by atoms with E-state index in [2.05, 4.69) is 34.6 Å². The van der Waals surface area contributed by atoms with E-state index < -0.39 is 0 Å². The van der Waals surface area contributed by atoms with Crippen LogP contribution in [-0.2, 0) is 16.1 Å². The van der Waals surface area contributed by atoms with Gasteiger partial charge in [-0.05, 0) is 25.5 Å². The van der Waals surface area contributed by atoms with Gasteiger partial charge in [-0.25, -0.2) is 4.79 Å². The Morgan fingerprint density at radius 3 is 2.83 bits per heavy atom. The lowest BCUT2D eigenvalue weighted by Crippen LogP contribution is -2.03. The molecular weight excluding hydrogens is 226 g/mol. The minimum absolute atomic E-state index is 0.275. The van der Waals surface area contributed by atoms with E-state index in [0.717, 1.165) is 0 Å². The second kappa shape index (κ2) is 5.08. The van der Waals surface area contributed by atoms with Crippen molar-refractivity contribution in [1.82, 2.24) is 4.57 Å². The first kappa shape index (κ1) is 12.4. The fourth-order valence-electron chi connectivity index (χ4n) is 2.06. The molecule has 1 heterocycles. The van der Waals surface area contributed by atoms with Crippen molar-refractivity contribution in [1.29, 1.82) is 0 Å². The molecule has 0 saturated carbocycles. The van der Waals surface area contributed by atoms with E-state index in [9.17, 15) is 4.79 Å². The smallest absolute Gasteiger partial charge is 0.333 e. The number of fused-ring (bicyclic) bond motifs is 1. The zero-order valence-corrected chi connectivity index (χ0v) is 10.9. The highest BCUT2D eigenvalue weighted by atomic mass is 16.5. The van der Waals surface area contributed by atoms with Gasteiger partial charge in [0.2, 0.25) is 0 Å². The molecule has 0 fully saturated rings. The maximum absolute atomic E-state index is 11.3. The monoisotopic (exact) mass is 243 g/mol. The number of carbonyl (C=O) groups is 1. The largest absolute Gasteiger partial charge is 0.466 e. The van der Waals surface area contributed by atoms with Crippen LogP contribution in [0.1, 0.15) is 12.5 Å². The average molecular weight is 243 g/mol.